The summed E-state index contributed by atoms with van der Waals surface area (Å²) in [6.45, 7) is 8.93. The summed E-state index contributed by atoms with van der Waals surface area (Å²) in [4.78, 5) is 0. The van der Waals surface area contributed by atoms with Gasteiger partial charge in [0.1, 0.15) is 0 Å². The van der Waals surface area contributed by atoms with Crippen molar-refractivity contribution in [1.82, 2.24) is 10.2 Å². The lowest BCUT2D eigenvalue weighted by atomic mass is 10.2. The molecule has 0 unspecified atom stereocenters. The summed E-state index contributed by atoms with van der Waals surface area (Å²) in [6, 6.07) is 0. The molecule has 0 radical (unpaired) electrons. The standard InChI is InChI=1S/C10H19N2O3PS2/c1-5-13-16(17,14-6-2)18-7-9-11-12-10(15-9)8(3)4/h8H,5-7H2,1-4H3. The summed E-state index contributed by atoms with van der Waals surface area (Å²) >= 11 is 6.83. The molecule has 1 aromatic rings. The van der Waals surface area contributed by atoms with Crippen molar-refractivity contribution in [2.75, 3.05) is 13.2 Å². The first-order chi connectivity index (χ1) is 8.50. The van der Waals surface area contributed by atoms with Crippen molar-refractivity contribution in [1.29, 1.82) is 0 Å². The first kappa shape index (κ1) is 16.1. The fourth-order valence-electron chi connectivity index (χ4n) is 1.12. The lowest BCUT2D eigenvalue weighted by molar-refractivity contribution is 0.280. The van der Waals surface area contributed by atoms with Gasteiger partial charge in [0.25, 0.3) is 0 Å². The second-order valence-corrected chi connectivity index (χ2v) is 10.1. The highest BCUT2D eigenvalue weighted by atomic mass is 32.9. The maximum absolute atomic E-state index is 5.52. The second-order valence-electron chi connectivity index (χ2n) is 3.74. The summed E-state index contributed by atoms with van der Waals surface area (Å²) in [5.41, 5.74) is -2.28. The molecular weight excluding hydrogens is 291 g/mol. The van der Waals surface area contributed by atoms with Crippen molar-refractivity contribution in [3.63, 3.8) is 0 Å². The van der Waals surface area contributed by atoms with Gasteiger partial charge in [0, 0.05) is 5.92 Å². The van der Waals surface area contributed by atoms with Gasteiger partial charge >= 0.3 is 0 Å². The molecule has 0 aromatic carbocycles. The van der Waals surface area contributed by atoms with Crippen molar-refractivity contribution in [3.8, 4) is 0 Å². The molecule has 0 bridgehead atoms. The van der Waals surface area contributed by atoms with Gasteiger partial charge in [0.2, 0.25) is 17.5 Å². The average molecular weight is 310 g/mol. The molecule has 0 N–H and O–H groups in total. The van der Waals surface area contributed by atoms with Crippen LogP contribution >= 0.6 is 17.1 Å². The van der Waals surface area contributed by atoms with Gasteiger partial charge in [-0.15, -0.1) is 10.2 Å². The molecule has 1 aromatic heterocycles. The zero-order valence-corrected chi connectivity index (χ0v) is 13.6. The van der Waals surface area contributed by atoms with Crippen molar-refractivity contribution in [3.05, 3.63) is 11.8 Å². The third-order valence-electron chi connectivity index (χ3n) is 1.90. The maximum Gasteiger partial charge on any atom is 0.247 e. The Morgan fingerprint density at radius 2 is 1.89 bits per heavy atom. The van der Waals surface area contributed by atoms with Gasteiger partial charge < -0.3 is 13.5 Å². The minimum Gasteiger partial charge on any atom is -0.424 e. The summed E-state index contributed by atoms with van der Waals surface area (Å²) in [5.74, 6) is 1.97. The maximum atomic E-state index is 5.52. The third kappa shape index (κ3) is 4.97. The first-order valence-electron chi connectivity index (χ1n) is 5.86. The molecule has 0 aliphatic rings. The van der Waals surface area contributed by atoms with Crippen molar-refractivity contribution in [2.24, 2.45) is 0 Å². The number of nitrogens with zero attached hydrogens (tertiary/aromatic N) is 2. The van der Waals surface area contributed by atoms with E-state index >= 15 is 0 Å². The van der Waals surface area contributed by atoms with Crippen LogP contribution in [0.1, 0.15) is 45.4 Å². The van der Waals surface area contributed by atoms with Crippen molar-refractivity contribution in [2.45, 2.75) is 39.4 Å². The molecule has 0 saturated carbocycles. The monoisotopic (exact) mass is 310 g/mol. The lowest BCUT2D eigenvalue weighted by Gasteiger charge is -2.18. The van der Waals surface area contributed by atoms with E-state index in [4.69, 9.17) is 25.3 Å². The molecule has 0 fully saturated rings. The molecule has 0 atom stereocenters. The molecular formula is C10H19N2O3PS2. The van der Waals surface area contributed by atoms with Crippen LogP contribution in [-0.2, 0) is 26.6 Å². The van der Waals surface area contributed by atoms with E-state index in [0.717, 1.165) is 0 Å². The highest BCUT2D eigenvalue weighted by Crippen LogP contribution is 2.61. The predicted octanol–water partition coefficient (Wildman–Crippen LogP) is 3.72. The van der Waals surface area contributed by atoms with Gasteiger partial charge in [0.15, 0.2) is 0 Å². The normalized spacial score (nSPS) is 12.3. The van der Waals surface area contributed by atoms with Crippen molar-refractivity contribution < 1.29 is 13.5 Å². The van der Waals surface area contributed by atoms with E-state index < -0.39 is 5.69 Å². The summed E-state index contributed by atoms with van der Waals surface area (Å²) in [7, 11) is 0. The Bertz CT molecular complexity index is 402. The van der Waals surface area contributed by atoms with E-state index in [1.165, 1.54) is 11.4 Å². The molecule has 104 valence electrons. The van der Waals surface area contributed by atoms with Crippen LogP contribution in [0.2, 0.25) is 0 Å². The van der Waals surface area contributed by atoms with E-state index in [-0.39, 0.29) is 5.92 Å². The van der Waals surface area contributed by atoms with E-state index in [1.807, 2.05) is 27.7 Å². The molecule has 0 aliphatic carbocycles. The zero-order valence-electron chi connectivity index (χ0n) is 11.1. The Morgan fingerprint density at radius 3 is 2.33 bits per heavy atom. The van der Waals surface area contributed by atoms with Gasteiger partial charge in [-0.3, -0.25) is 0 Å². The molecule has 0 saturated heterocycles. The van der Waals surface area contributed by atoms with Crippen LogP contribution in [-0.4, -0.2) is 23.4 Å². The molecule has 0 aliphatic heterocycles. The second kappa shape index (κ2) is 7.60. The van der Waals surface area contributed by atoms with Crippen LogP contribution in [0.4, 0.5) is 0 Å². The minimum atomic E-state index is -2.28. The highest BCUT2D eigenvalue weighted by molar-refractivity contribution is 8.67. The molecule has 5 nitrogen and oxygen atoms in total. The van der Waals surface area contributed by atoms with Crippen LogP contribution in [0.15, 0.2) is 4.42 Å². The predicted molar refractivity (Wildman–Crippen MR) is 77.2 cm³/mol. The summed E-state index contributed by atoms with van der Waals surface area (Å²) in [5, 5.41) is 7.96. The number of hydrogen-bond acceptors (Lipinski definition) is 7. The molecule has 18 heavy (non-hydrogen) atoms. The smallest absolute Gasteiger partial charge is 0.247 e. The van der Waals surface area contributed by atoms with Gasteiger partial charge in [-0.05, 0) is 25.7 Å². The SMILES string of the molecule is CCOP(=S)(OCC)SCc1nnc(C(C)C)o1. The Labute approximate surface area is 117 Å². The molecule has 0 spiro atoms. The molecule has 1 rings (SSSR count). The zero-order chi connectivity index (χ0) is 13.6. The molecule has 1 heterocycles. The Morgan fingerprint density at radius 1 is 1.28 bits per heavy atom. The fourth-order valence-corrected chi connectivity index (χ4v) is 5.35. The first-order valence-corrected chi connectivity index (χ1v) is 10.1. The molecule has 0 amide bonds. The summed E-state index contributed by atoms with van der Waals surface area (Å²) in [6.07, 6.45) is 0. The fraction of sp³-hybridized carbons (Fsp3) is 0.800. The summed E-state index contributed by atoms with van der Waals surface area (Å²) < 4.78 is 16.6. The van der Waals surface area contributed by atoms with Crippen LogP contribution < -0.4 is 0 Å². The van der Waals surface area contributed by atoms with E-state index in [0.29, 0.717) is 30.7 Å². The Kier molecular flexibility index (Phi) is 6.81. The van der Waals surface area contributed by atoms with E-state index in [9.17, 15) is 0 Å². The topological polar surface area (TPSA) is 57.4 Å². The van der Waals surface area contributed by atoms with Gasteiger partial charge in [-0.2, -0.15) is 0 Å². The number of aromatic nitrogens is 2. The Balaban J connectivity index is 2.58. The number of rotatable bonds is 8. The van der Waals surface area contributed by atoms with Crippen LogP contribution in [0, 0.1) is 0 Å². The van der Waals surface area contributed by atoms with Crippen LogP contribution in [0.25, 0.3) is 0 Å². The largest absolute Gasteiger partial charge is 0.424 e. The third-order valence-corrected chi connectivity index (χ3v) is 7.29. The quantitative estimate of drug-likeness (QED) is 0.678. The van der Waals surface area contributed by atoms with Crippen LogP contribution in [0.3, 0.4) is 0 Å². The molecule has 8 heteroatoms. The van der Waals surface area contributed by atoms with Gasteiger partial charge in [-0.25, -0.2) is 0 Å². The minimum absolute atomic E-state index is 0.234. The average Bonchev–Trinajstić information content (AvgIpc) is 2.76. The van der Waals surface area contributed by atoms with Gasteiger partial charge in [-0.1, -0.05) is 25.2 Å². The van der Waals surface area contributed by atoms with E-state index in [2.05, 4.69) is 10.2 Å². The Hall–Kier alpha value is 0.0600. The van der Waals surface area contributed by atoms with Crippen LogP contribution in [0.5, 0.6) is 0 Å². The number of hydrogen-bond donors (Lipinski definition) is 0. The highest BCUT2D eigenvalue weighted by Gasteiger charge is 2.21. The van der Waals surface area contributed by atoms with Gasteiger partial charge in [0.05, 0.1) is 19.0 Å². The van der Waals surface area contributed by atoms with Crippen molar-refractivity contribution >= 4 is 28.9 Å². The van der Waals surface area contributed by atoms with E-state index in [1.54, 1.807) is 0 Å². The lowest BCUT2D eigenvalue weighted by Crippen LogP contribution is -1.93.